The predicted molar refractivity (Wildman–Crippen MR) is 88.7 cm³/mol. The average Bonchev–Trinajstić information content (AvgIpc) is 3.02. The van der Waals surface area contributed by atoms with Gasteiger partial charge in [0.2, 0.25) is 10.0 Å². The van der Waals surface area contributed by atoms with Crippen LogP contribution in [0.15, 0.2) is 46.1 Å². The fourth-order valence-corrected chi connectivity index (χ4v) is 3.84. The molecule has 3 heterocycles. The standard InChI is InChI=1S/C16H18N4O3S/c1-3-15-14-9-13(10-18-16(14)23-19-15)24(21,22)20(4-2)11-12-7-5-6-8-17-12/h5-10H,3-4,11H2,1-2H3. The Labute approximate surface area is 140 Å². The highest BCUT2D eigenvalue weighted by molar-refractivity contribution is 7.89. The molecule has 0 fully saturated rings. The van der Waals surface area contributed by atoms with Crippen LogP contribution in [-0.2, 0) is 23.0 Å². The number of hydrogen-bond acceptors (Lipinski definition) is 6. The zero-order chi connectivity index (χ0) is 17.2. The molecule has 0 unspecified atom stereocenters. The molecular weight excluding hydrogens is 328 g/mol. The third-order valence-electron chi connectivity index (χ3n) is 3.77. The van der Waals surface area contributed by atoms with E-state index in [0.29, 0.717) is 35.5 Å². The normalized spacial score (nSPS) is 12.1. The van der Waals surface area contributed by atoms with Gasteiger partial charge in [0.1, 0.15) is 4.90 Å². The number of aromatic nitrogens is 3. The Balaban J connectivity index is 1.98. The maximum absolute atomic E-state index is 12.9. The van der Waals surface area contributed by atoms with Crippen LogP contribution in [0.1, 0.15) is 25.2 Å². The minimum Gasteiger partial charge on any atom is -0.336 e. The van der Waals surface area contributed by atoms with Crippen molar-refractivity contribution in [2.75, 3.05) is 6.54 Å². The molecule has 0 atom stereocenters. The lowest BCUT2D eigenvalue weighted by Gasteiger charge is -2.19. The van der Waals surface area contributed by atoms with Crippen molar-refractivity contribution in [3.63, 3.8) is 0 Å². The SMILES string of the molecule is CCc1noc2ncc(S(=O)(=O)N(CC)Cc3ccccn3)cc12. The molecule has 0 saturated carbocycles. The third kappa shape index (κ3) is 3.02. The van der Waals surface area contributed by atoms with Gasteiger partial charge >= 0.3 is 0 Å². The summed E-state index contributed by atoms with van der Waals surface area (Å²) in [5, 5.41) is 4.55. The third-order valence-corrected chi connectivity index (χ3v) is 5.66. The molecule has 3 rings (SSSR count). The molecular formula is C16H18N4O3S. The second-order valence-electron chi connectivity index (χ2n) is 5.26. The van der Waals surface area contributed by atoms with Gasteiger partial charge in [-0.25, -0.2) is 13.4 Å². The van der Waals surface area contributed by atoms with Gasteiger partial charge in [0, 0.05) is 12.7 Å². The van der Waals surface area contributed by atoms with Crippen molar-refractivity contribution in [2.24, 2.45) is 0 Å². The van der Waals surface area contributed by atoms with Crippen molar-refractivity contribution in [1.29, 1.82) is 0 Å². The lowest BCUT2D eigenvalue weighted by atomic mass is 10.2. The molecule has 0 aliphatic rings. The van der Waals surface area contributed by atoms with Crippen molar-refractivity contribution in [1.82, 2.24) is 19.4 Å². The van der Waals surface area contributed by atoms with Crippen LogP contribution in [0.4, 0.5) is 0 Å². The summed E-state index contributed by atoms with van der Waals surface area (Å²) in [7, 11) is -3.68. The van der Waals surface area contributed by atoms with E-state index in [0.717, 1.165) is 0 Å². The molecule has 0 aliphatic carbocycles. The highest BCUT2D eigenvalue weighted by Gasteiger charge is 2.25. The number of aryl methyl sites for hydroxylation is 1. The van der Waals surface area contributed by atoms with Gasteiger partial charge in [0.05, 0.1) is 29.5 Å². The van der Waals surface area contributed by atoms with Crippen LogP contribution >= 0.6 is 0 Å². The Morgan fingerprint density at radius 3 is 2.71 bits per heavy atom. The topological polar surface area (TPSA) is 89.2 Å². The maximum atomic E-state index is 12.9. The highest BCUT2D eigenvalue weighted by atomic mass is 32.2. The number of nitrogens with zero attached hydrogens (tertiary/aromatic N) is 4. The summed E-state index contributed by atoms with van der Waals surface area (Å²) in [5.41, 5.74) is 1.73. The quantitative estimate of drug-likeness (QED) is 0.681. The van der Waals surface area contributed by atoms with Gasteiger partial charge in [-0.1, -0.05) is 25.1 Å². The largest absolute Gasteiger partial charge is 0.336 e. The predicted octanol–water partition coefficient (Wildman–Crippen LogP) is 2.39. The van der Waals surface area contributed by atoms with Crippen molar-refractivity contribution in [3.05, 3.63) is 48.0 Å². The molecule has 8 heteroatoms. The van der Waals surface area contributed by atoms with Gasteiger partial charge in [-0.15, -0.1) is 0 Å². The summed E-state index contributed by atoms with van der Waals surface area (Å²) in [6, 6.07) is 7.01. The first-order valence-corrected chi connectivity index (χ1v) is 9.14. The number of hydrogen-bond donors (Lipinski definition) is 0. The van der Waals surface area contributed by atoms with Crippen molar-refractivity contribution < 1.29 is 12.9 Å². The summed E-state index contributed by atoms with van der Waals surface area (Å²) in [6.45, 7) is 4.27. The zero-order valence-electron chi connectivity index (χ0n) is 13.5. The lowest BCUT2D eigenvalue weighted by Crippen LogP contribution is -2.30. The molecule has 0 saturated heterocycles. The van der Waals surface area contributed by atoms with Crippen molar-refractivity contribution >= 4 is 21.1 Å². The Morgan fingerprint density at radius 2 is 2.04 bits per heavy atom. The first kappa shape index (κ1) is 16.5. The molecule has 3 aromatic heterocycles. The smallest absolute Gasteiger partial charge is 0.258 e. The minimum atomic E-state index is -3.68. The number of fused-ring (bicyclic) bond motifs is 1. The second-order valence-corrected chi connectivity index (χ2v) is 7.20. The van der Waals surface area contributed by atoms with E-state index in [2.05, 4.69) is 15.1 Å². The fourth-order valence-electron chi connectivity index (χ4n) is 2.44. The molecule has 0 radical (unpaired) electrons. The van der Waals surface area contributed by atoms with Crippen molar-refractivity contribution in [2.45, 2.75) is 31.7 Å². The molecule has 126 valence electrons. The number of pyridine rings is 2. The van der Waals surface area contributed by atoms with Gasteiger partial charge in [-0.05, 0) is 24.6 Å². The Hall–Kier alpha value is -2.32. The molecule has 3 aromatic rings. The molecule has 7 nitrogen and oxygen atoms in total. The summed E-state index contributed by atoms with van der Waals surface area (Å²) in [4.78, 5) is 8.42. The molecule has 0 aliphatic heterocycles. The van der Waals surface area contributed by atoms with Gasteiger partial charge in [-0.3, -0.25) is 4.98 Å². The summed E-state index contributed by atoms with van der Waals surface area (Å²) in [5.74, 6) is 0. The Morgan fingerprint density at radius 1 is 1.21 bits per heavy atom. The summed E-state index contributed by atoms with van der Waals surface area (Å²) < 4.78 is 32.4. The van der Waals surface area contributed by atoms with E-state index < -0.39 is 10.0 Å². The average molecular weight is 346 g/mol. The molecule has 0 spiro atoms. The van der Waals surface area contributed by atoms with Crippen molar-refractivity contribution in [3.8, 4) is 0 Å². The van der Waals surface area contributed by atoms with E-state index in [1.54, 1.807) is 31.3 Å². The van der Waals surface area contributed by atoms with E-state index >= 15 is 0 Å². The Bertz CT molecular complexity index is 938. The van der Waals surface area contributed by atoms with E-state index in [4.69, 9.17) is 4.52 Å². The van der Waals surface area contributed by atoms with Gasteiger partial charge < -0.3 is 4.52 Å². The molecule has 0 aromatic carbocycles. The first-order valence-electron chi connectivity index (χ1n) is 7.70. The van der Waals surface area contributed by atoms with Crippen LogP contribution in [0.25, 0.3) is 11.1 Å². The van der Waals surface area contributed by atoms with Crippen LogP contribution in [-0.4, -0.2) is 34.4 Å². The molecule has 0 bridgehead atoms. The van der Waals surface area contributed by atoms with E-state index in [-0.39, 0.29) is 11.4 Å². The van der Waals surface area contributed by atoms with Crippen LogP contribution in [0.3, 0.4) is 0 Å². The highest BCUT2D eigenvalue weighted by Crippen LogP contribution is 2.23. The van der Waals surface area contributed by atoms with Gasteiger partial charge in [0.25, 0.3) is 5.71 Å². The summed E-state index contributed by atoms with van der Waals surface area (Å²) >= 11 is 0. The van der Waals surface area contributed by atoms with Gasteiger partial charge in [0.15, 0.2) is 0 Å². The van der Waals surface area contributed by atoms with Crippen LogP contribution in [0, 0.1) is 0 Å². The summed E-state index contributed by atoms with van der Waals surface area (Å²) in [6.07, 6.45) is 3.60. The number of sulfonamides is 1. The first-order chi connectivity index (χ1) is 11.6. The van der Waals surface area contributed by atoms with Gasteiger partial charge in [-0.2, -0.15) is 4.31 Å². The Kier molecular flexibility index (Phi) is 4.59. The minimum absolute atomic E-state index is 0.130. The van der Waals surface area contributed by atoms with E-state index in [9.17, 15) is 8.42 Å². The zero-order valence-corrected chi connectivity index (χ0v) is 14.3. The van der Waals surface area contributed by atoms with Crippen LogP contribution in [0.2, 0.25) is 0 Å². The maximum Gasteiger partial charge on any atom is 0.258 e. The number of rotatable bonds is 6. The second kappa shape index (κ2) is 6.66. The van der Waals surface area contributed by atoms with Crippen LogP contribution in [0.5, 0.6) is 0 Å². The van der Waals surface area contributed by atoms with Crippen LogP contribution < -0.4 is 0 Å². The van der Waals surface area contributed by atoms with E-state index in [1.165, 1.54) is 10.5 Å². The lowest BCUT2D eigenvalue weighted by molar-refractivity contribution is 0.418. The molecule has 0 amide bonds. The monoisotopic (exact) mass is 346 g/mol. The molecule has 24 heavy (non-hydrogen) atoms. The fraction of sp³-hybridized carbons (Fsp3) is 0.312. The van der Waals surface area contributed by atoms with E-state index in [1.807, 2.05) is 13.0 Å². The molecule has 0 N–H and O–H groups in total.